The molecule has 16 heavy (non-hydrogen) atoms. The van der Waals surface area contributed by atoms with E-state index in [0.717, 1.165) is 6.42 Å². The minimum absolute atomic E-state index is 0.0164. The van der Waals surface area contributed by atoms with Crippen LogP contribution in [0.25, 0.3) is 0 Å². The molecule has 0 aliphatic heterocycles. The number of carboxylic acid groups (broad SMARTS) is 1. The molecule has 0 rings (SSSR count). The van der Waals surface area contributed by atoms with Crippen LogP contribution in [0.4, 0.5) is 0 Å². The smallest absolute Gasteiger partial charge is 0.303 e. The Morgan fingerprint density at radius 3 is 2.25 bits per heavy atom. The molecule has 0 fully saturated rings. The van der Waals surface area contributed by atoms with E-state index >= 15 is 0 Å². The lowest BCUT2D eigenvalue weighted by molar-refractivity contribution is -0.137. The third kappa shape index (κ3) is 5.73. The third-order valence-electron chi connectivity index (χ3n) is 3.09. The molecule has 0 saturated heterocycles. The SMILES string of the molecule is CCC(C)C(C)C(=O)NC(C)CCC(=O)O. The molecule has 0 aromatic rings. The van der Waals surface area contributed by atoms with Gasteiger partial charge in [0.05, 0.1) is 0 Å². The van der Waals surface area contributed by atoms with Gasteiger partial charge in [-0.3, -0.25) is 9.59 Å². The first kappa shape index (κ1) is 14.9. The lowest BCUT2D eigenvalue weighted by Gasteiger charge is -2.20. The van der Waals surface area contributed by atoms with Crippen LogP contribution in [0.5, 0.6) is 0 Å². The van der Waals surface area contributed by atoms with E-state index in [1.165, 1.54) is 0 Å². The topological polar surface area (TPSA) is 66.4 Å². The van der Waals surface area contributed by atoms with Crippen LogP contribution in [0.1, 0.15) is 47.0 Å². The van der Waals surface area contributed by atoms with Gasteiger partial charge in [-0.1, -0.05) is 27.2 Å². The lowest BCUT2D eigenvalue weighted by atomic mass is 9.92. The molecule has 1 amide bonds. The Hall–Kier alpha value is -1.06. The zero-order valence-corrected chi connectivity index (χ0v) is 10.6. The molecule has 3 unspecified atom stereocenters. The fourth-order valence-corrected chi connectivity index (χ4v) is 1.40. The molecule has 0 aliphatic rings. The number of carbonyl (C=O) groups is 2. The van der Waals surface area contributed by atoms with Gasteiger partial charge in [0.1, 0.15) is 0 Å². The number of hydrogen-bond donors (Lipinski definition) is 2. The van der Waals surface area contributed by atoms with Gasteiger partial charge in [0, 0.05) is 18.4 Å². The van der Waals surface area contributed by atoms with Crippen molar-refractivity contribution >= 4 is 11.9 Å². The summed E-state index contributed by atoms with van der Waals surface area (Å²) in [6.45, 7) is 7.85. The molecule has 94 valence electrons. The second-order valence-electron chi connectivity index (χ2n) is 4.52. The summed E-state index contributed by atoms with van der Waals surface area (Å²) in [7, 11) is 0. The van der Waals surface area contributed by atoms with Crippen molar-refractivity contribution in [1.29, 1.82) is 0 Å². The van der Waals surface area contributed by atoms with Gasteiger partial charge >= 0.3 is 5.97 Å². The predicted molar refractivity (Wildman–Crippen MR) is 63.1 cm³/mol. The fraction of sp³-hybridized carbons (Fsp3) is 0.833. The molecule has 0 aromatic heterocycles. The Labute approximate surface area is 97.4 Å². The van der Waals surface area contributed by atoms with Gasteiger partial charge in [0.15, 0.2) is 0 Å². The van der Waals surface area contributed by atoms with Crippen molar-refractivity contribution in [2.75, 3.05) is 0 Å². The molecule has 0 spiro atoms. The van der Waals surface area contributed by atoms with Crippen LogP contribution in [-0.2, 0) is 9.59 Å². The Balaban J connectivity index is 3.98. The van der Waals surface area contributed by atoms with Crippen LogP contribution in [0.2, 0.25) is 0 Å². The van der Waals surface area contributed by atoms with Crippen LogP contribution < -0.4 is 5.32 Å². The van der Waals surface area contributed by atoms with E-state index in [4.69, 9.17) is 5.11 Å². The average molecular weight is 229 g/mol. The standard InChI is InChI=1S/C12H23NO3/c1-5-8(2)10(4)12(16)13-9(3)6-7-11(14)15/h8-10H,5-7H2,1-4H3,(H,13,16)(H,14,15). The second-order valence-corrected chi connectivity index (χ2v) is 4.52. The molecule has 0 bridgehead atoms. The van der Waals surface area contributed by atoms with Crippen molar-refractivity contribution in [3.63, 3.8) is 0 Å². The number of amides is 1. The zero-order valence-electron chi connectivity index (χ0n) is 10.6. The molecule has 0 heterocycles. The number of carbonyl (C=O) groups excluding carboxylic acids is 1. The van der Waals surface area contributed by atoms with Crippen molar-refractivity contribution in [2.45, 2.75) is 53.0 Å². The highest BCUT2D eigenvalue weighted by molar-refractivity contribution is 5.78. The molecule has 2 N–H and O–H groups in total. The highest BCUT2D eigenvalue weighted by Crippen LogP contribution is 2.14. The summed E-state index contributed by atoms with van der Waals surface area (Å²) < 4.78 is 0. The maximum Gasteiger partial charge on any atom is 0.303 e. The molecule has 0 aliphatic carbocycles. The zero-order chi connectivity index (χ0) is 12.7. The first-order valence-electron chi connectivity index (χ1n) is 5.90. The highest BCUT2D eigenvalue weighted by atomic mass is 16.4. The molecule has 3 atom stereocenters. The largest absolute Gasteiger partial charge is 0.481 e. The molecule has 0 saturated carbocycles. The number of hydrogen-bond acceptors (Lipinski definition) is 2. The maximum atomic E-state index is 11.7. The highest BCUT2D eigenvalue weighted by Gasteiger charge is 2.20. The van der Waals surface area contributed by atoms with Crippen LogP contribution in [-0.4, -0.2) is 23.0 Å². The van der Waals surface area contributed by atoms with Gasteiger partial charge in [0.2, 0.25) is 5.91 Å². The van der Waals surface area contributed by atoms with Crippen molar-refractivity contribution in [1.82, 2.24) is 5.32 Å². The molecule has 4 nitrogen and oxygen atoms in total. The molecular weight excluding hydrogens is 206 g/mol. The summed E-state index contributed by atoms with van der Waals surface area (Å²) in [5.74, 6) is -0.465. The van der Waals surface area contributed by atoms with E-state index in [0.29, 0.717) is 12.3 Å². The van der Waals surface area contributed by atoms with Gasteiger partial charge < -0.3 is 10.4 Å². The first-order chi connectivity index (χ1) is 7.38. The number of aliphatic carboxylic acids is 1. The molecular formula is C12H23NO3. The fourth-order valence-electron chi connectivity index (χ4n) is 1.40. The maximum absolute atomic E-state index is 11.7. The van der Waals surface area contributed by atoms with E-state index in [-0.39, 0.29) is 24.3 Å². The van der Waals surface area contributed by atoms with Gasteiger partial charge in [0.25, 0.3) is 0 Å². The number of nitrogens with one attached hydrogen (secondary N) is 1. The van der Waals surface area contributed by atoms with E-state index in [1.807, 2.05) is 20.8 Å². The monoisotopic (exact) mass is 229 g/mol. The first-order valence-corrected chi connectivity index (χ1v) is 5.90. The number of carboxylic acids is 1. The average Bonchev–Trinajstić information content (AvgIpc) is 2.24. The van der Waals surface area contributed by atoms with Crippen LogP contribution in [0, 0.1) is 11.8 Å². The second kappa shape index (κ2) is 7.25. The normalized spacial score (nSPS) is 16.2. The Bertz CT molecular complexity index is 240. The third-order valence-corrected chi connectivity index (χ3v) is 3.09. The summed E-state index contributed by atoms with van der Waals surface area (Å²) >= 11 is 0. The quantitative estimate of drug-likeness (QED) is 0.702. The van der Waals surface area contributed by atoms with Crippen LogP contribution >= 0.6 is 0 Å². The van der Waals surface area contributed by atoms with Gasteiger partial charge in [-0.2, -0.15) is 0 Å². The Kier molecular flexibility index (Phi) is 6.77. The molecule has 4 heteroatoms. The molecule has 0 aromatic carbocycles. The van der Waals surface area contributed by atoms with E-state index in [1.54, 1.807) is 0 Å². The van der Waals surface area contributed by atoms with Crippen molar-refractivity contribution in [2.24, 2.45) is 11.8 Å². The van der Waals surface area contributed by atoms with E-state index in [2.05, 4.69) is 12.2 Å². The van der Waals surface area contributed by atoms with Crippen LogP contribution in [0.15, 0.2) is 0 Å². The van der Waals surface area contributed by atoms with E-state index < -0.39 is 5.97 Å². The summed E-state index contributed by atoms with van der Waals surface area (Å²) in [5, 5.41) is 11.4. The summed E-state index contributed by atoms with van der Waals surface area (Å²) in [6.07, 6.45) is 1.55. The van der Waals surface area contributed by atoms with Crippen molar-refractivity contribution < 1.29 is 14.7 Å². The van der Waals surface area contributed by atoms with E-state index in [9.17, 15) is 9.59 Å². The van der Waals surface area contributed by atoms with Gasteiger partial charge in [-0.15, -0.1) is 0 Å². The Morgan fingerprint density at radius 2 is 1.81 bits per heavy atom. The van der Waals surface area contributed by atoms with Gasteiger partial charge in [-0.05, 0) is 19.3 Å². The minimum atomic E-state index is -0.823. The predicted octanol–water partition coefficient (Wildman–Crippen LogP) is 2.04. The van der Waals surface area contributed by atoms with Crippen molar-refractivity contribution in [3.8, 4) is 0 Å². The summed E-state index contributed by atoms with van der Waals surface area (Å²) in [6, 6.07) is -0.0740. The molecule has 0 radical (unpaired) electrons. The number of rotatable bonds is 7. The minimum Gasteiger partial charge on any atom is -0.481 e. The summed E-state index contributed by atoms with van der Waals surface area (Å²) in [5.41, 5.74) is 0. The van der Waals surface area contributed by atoms with Gasteiger partial charge in [-0.25, -0.2) is 0 Å². The Morgan fingerprint density at radius 1 is 1.25 bits per heavy atom. The summed E-state index contributed by atoms with van der Waals surface area (Å²) in [4.78, 5) is 22.1. The van der Waals surface area contributed by atoms with Crippen LogP contribution in [0.3, 0.4) is 0 Å². The lowest BCUT2D eigenvalue weighted by Crippen LogP contribution is -2.38. The van der Waals surface area contributed by atoms with Crippen molar-refractivity contribution in [3.05, 3.63) is 0 Å².